The van der Waals surface area contributed by atoms with Crippen LogP contribution in [-0.2, 0) is 16.1 Å². The lowest BCUT2D eigenvalue weighted by Gasteiger charge is -2.10. The summed E-state index contributed by atoms with van der Waals surface area (Å²) in [5, 5.41) is 5.05. The third-order valence-corrected chi connectivity index (χ3v) is 3.37. The van der Waals surface area contributed by atoms with Gasteiger partial charge in [-0.3, -0.25) is 4.79 Å². The molecule has 0 bridgehead atoms. The molecule has 0 spiro atoms. The second-order valence-electron chi connectivity index (χ2n) is 5.24. The summed E-state index contributed by atoms with van der Waals surface area (Å²) in [6.07, 6.45) is 0. The average molecular weight is 357 g/mol. The highest BCUT2D eigenvalue weighted by atomic mass is 16.5. The van der Waals surface area contributed by atoms with Crippen molar-refractivity contribution in [1.29, 1.82) is 0 Å². The van der Waals surface area contributed by atoms with E-state index < -0.39 is 24.5 Å². The zero-order valence-corrected chi connectivity index (χ0v) is 14.2. The van der Waals surface area contributed by atoms with Gasteiger partial charge in [0.05, 0.1) is 18.4 Å². The molecule has 2 aromatic rings. The summed E-state index contributed by atoms with van der Waals surface area (Å²) in [5.74, 6) is -0.605. The molecule has 0 aliphatic rings. The number of hydrogen-bond donors (Lipinski definition) is 3. The second kappa shape index (κ2) is 9.07. The average Bonchev–Trinajstić information content (AvgIpc) is 2.65. The van der Waals surface area contributed by atoms with Crippen LogP contribution in [0.5, 0.6) is 5.75 Å². The Kier molecular flexibility index (Phi) is 6.55. The molecule has 0 aliphatic heterocycles. The fourth-order valence-electron chi connectivity index (χ4n) is 2.10. The first-order valence-corrected chi connectivity index (χ1v) is 7.72. The van der Waals surface area contributed by atoms with Crippen LogP contribution in [0.1, 0.15) is 15.9 Å². The number of urea groups is 1. The van der Waals surface area contributed by atoms with Crippen LogP contribution in [0, 0.1) is 0 Å². The minimum absolute atomic E-state index is 0.256. The monoisotopic (exact) mass is 357 g/mol. The van der Waals surface area contributed by atoms with Gasteiger partial charge < -0.3 is 25.8 Å². The van der Waals surface area contributed by atoms with Gasteiger partial charge in [-0.15, -0.1) is 0 Å². The summed E-state index contributed by atoms with van der Waals surface area (Å²) < 4.78 is 10.1. The predicted molar refractivity (Wildman–Crippen MR) is 94.8 cm³/mol. The topological polar surface area (TPSA) is 120 Å². The van der Waals surface area contributed by atoms with Crippen LogP contribution in [0.25, 0.3) is 0 Å². The molecule has 3 amide bonds. The Morgan fingerprint density at radius 2 is 1.73 bits per heavy atom. The van der Waals surface area contributed by atoms with E-state index in [1.165, 1.54) is 7.11 Å². The number of carbonyl (C=O) groups is 3. The van der Waals surface area contributed by atoms with Crippen LogP contribution in [0.3, 0.4) is 0 Å². The number of rotatable bonds is 7. The van der Waals surface area contributed by atoms with Crippen molar-refractivity contribution in [3.63, 3.8) is 0 Å². The number of benzene rings is 2. The first-order chi connectivity index (χ1) is 12.5. The summed E-state index contributed by atoms with van der Waals surface area (Å²) in [4.78, 5) is 34.6. The van der Waals surface area contributed by atoms with Gasteiger partial charge in [0.1, 0.15) is 5.75 Å². The van der Waals surface area contributed by atoms with Gasteiger partial charge in [-0.25, -0.2) is 9.59 Å². The molecule has 8 nitrogen and oxygen atoms in total. The van der Waals surface area contributed by atoms with E-state index in [-0.39, 0.29) is 12.1 Å². The Hall–Kier alpha value is -3.55. The summed E-state index contributed by atoms with van der Waals surface area (Å²) >= 11 is 0. The molecular weight excluding hydrogens is 338 g/mol. The molecule has 0 saturated heterocycles. The van der Waals surface area contributed by atoms with Gasteiger partial charge in [0.15, 0.2) is 6.61 Å². The molecule has 2 rings (SSSR count). The summed E-state index contributed by atoms with van der Waals surface area (Å²) in [6, 6.07) is 12.7. The van der Waals surface area contributed by atoms with Crippen LogP contribution in [0.15, 0.2) is 48.5 Å². The Labute approximate surface area is 150 Å². The lowest BCUT2D eigenvalue weighted by atomic mass is 10.1. The zero-order chi connectivity index (χ0) is 18.9. The minimum Gasteiger partial charge on any atom is -0.495 e. The lowest BCUT2D eigenvalue weighted by Crippen LogP contribution is -2.28. The van der Waals surface area contributed by atoms with Crippen molar-refractivity contribution in [3.8, 4) is 5.75 Å². The molecule has 0 saturated carbocycles. The normalized spacial score (nSPS) is 9.88. The number of methoxy groups -OCH3 is 1. The van der Waals surface area contributed by atoms with Gasteiger partial charge in [0.25, 0.3) is 5.91 Å². The van der Waals surface area contributed by atoms with Crippen molar-refractivity contribution in [2.24, 2.45) is 5.73 Å². The van der Waals surface area contributed by atoms with E-state index in [4.69, 9.17) is 15.2 Å². The Bertz CT molecular complexity index is 790. The molecule has 136 valence electrons. The summed E-state index contributed by atoms with van der Waals surface area (Å²) in [6.45, 7) is -0.173. The maximum absolute atomic E-state index is 12.0. The first kappa shape index (κ1) is 18.8. The molecule has 0 atom stereocenters. The number of primary amides is 1. The zero-order valence-electron chi connectivity index (χ0n) is 14.2. The molecule has 8 heteroatoms. The van der Waals surface area contributed by atoms with Crippen LogP contribution in [-0.4, -0.2) is 31.6 Å². The van der Waals surface area contributed by atoms with Gasteiger partial charge >= 0.3 is 12.0 Å². The van der Waals surface area contributed by atoms with Gasteiger partial charge in [-0.2, -0.15) is 0 Å². The molecule has 0 radical (unpaired) electrons. The summed E-state index contributed by atoms with van der Waals surface area (Å²) in [7, 11) is 1.49. The maximum Gasteiger partial charge on any atom is 0.338 e. The number of nitrogens with two attached hydrogens (primary N) is 1. The van der Waals surface area contributed by atoms with Crippen LogP contribution in [0.4, 0.5) is 10.5 Å². The van der Waals surface area contributed by atoms with Gasteiger partial charge in [0.2, 0.25) is 0 Å². The van der Waals surface area contributed by atoms with E-state index in [1.54, 1.807) is 48.5 Å². The molecular formula is C18H19N3O5. The third-order valence-electron chi connectivity index (χ3n) is 3.37. The number of anilines is 1. The van der Waals surface area contributed by atoms with E-state index >= 15 is 0 Å². The minimum atomic E-state index is -0.630. The summed E-state index contributed by atoms with van der Waals surface area (Å²) in [5.41, 5.74) is 6.54. The standard InChI is InChI=1S/C18H19N3O5/c1-25-15-5-3-2-4-14(15)21-16(22)11-26-17(23)13-8-6-12(7-9-13)10-20-18(19)24/h2-9H,10-11H2,1H3,(H,21,22)(H3,19,20,24). The smallest absolute Gasteiger partial charge is 0.338 e. The van der Waals surface area contributed by atoms with Crippen molar-refractivity contribution >= 4 is 23.6 Å². The Morgan fingerprint density at radius 1 is 1.04 bits per heavy atom. The number of nitrogens with one attached hydrogen (secondary N) is 2. The number of ether oxygens (including phenoxy) is 2. The lowest BCUT2D eigenvalue weighted by molar-refractivity contribution is -0.119. The van der Waals surface area contributed by atoms with Crippen LogP contribution >= 0.6 is 0 Å². The van der Waals surface area contributed by atoms with Gasteiger partial charge in [-0.05, 0) is 29.8 Å². The molecule has 4 N–H and O–H groups in total. The predicted octanol–water partition coefficient (Wildman–Crippen LogP) is 1.66. The van der Waals surface area contributed by atoms with E-state index in [0.717, 1.165) is 5.56 Å². The van der Waals surface area contributed by atoms with Gasteiger partial charge in [0, 0.05) is 6.54 Å². The number of para-hydroxylation sites is 2. The number of amides is 3. The molecule has 0 unspecified atom stereocenters. The highest BCUT2D eigenvalue weighted by Gasteiger charge is 2.12. The first-order valence-electron chi connectivity index (χ1n) is 7.72. The van der Waals surface area contributed by atoms with Crippen molar-refractivity contribution in [1.82, 2.24) is 5.32 Å². The Balaban J connectivity index is 1.85. The molecule has 2 aromatic carbocycles. The van der Waals surface area contributed by atoms with E-state index in [0.29, 0.717) is 11.4 Å². The van der Waals surface area contributed by atoms with E-state index in [2.05, 4.69) is 10.6 Å². The van der Waals surface area contributed by atoms with Crippen LogP contribution in [0.2, 0.25) is 0 Å². The van der Waals surface area contributed by atoms with E-state index in [9.17, 15) is 14.4 Å². The van der Waals surface area contributed by atoms with Gasteiger partial charge in [-0.1, -0.05) is 24.3 Å². The third kappa shape index (κ3) is 5.52. The van der Waals surface area contributed by atoms with E-state index in [1.807, 2.05) is 0 Å². The Morgan fingerprint density at radius 3 is 2.38 bits per heavy atom. The SMILES string of the molecule is COc1ccccc1NC(=O)COC(=O)c1ccc(CNC(N)=O)cc1. The molecule has 0 fully saturated rings. The molecule has 26 heavy (non-hydrogen) atoms. The van der Waals surface area contributed by atoms with Crippen LogP contribution < -0.4 is 21.1 Å². The highest BCUT2D eigenvalue weighted by molar-refractivity contribution is 5.96. The largest absolute Gasteiger partial charge is 0.495 e. The quantitative estimate of drug-likeness (QED) is 0.651. The second-order valence-corrected chi connectivity index (χ2v) is 5.24. The fraction of sp³-hybridized carbons (Fsp3) is 0.167. The van der Waals surface area contributed by atoms with Crippen molar-refractivity contribution in [2.45, 2.75) is 6.54 Å². The number of esters is 1. The van der Waals surface area contributed by atoms with Crippen molar-refractivity contribution in [2.75, 3.05) is 19.0 Å². The maximum atomic E-state index is 12.0. The fourth-order valence-corrected chi connectivity index (χ4v) is 2.10. The number of carbonyl (C=O) groups excluding carboxylic acids is 3. The van der Waals surface area contributed by atoms with Crippen molar-refractivity contribution in [3.05, 3.63) is 59.7 Å². The molecule has 0 aromatic heterocycles. The van der Waals surface area contributed by atoms with Crippen molar-refractivity contribution < 1.29 is 23.9 Å². The highest BCUT2D eigenvalue weighted by Crippen LogP contribution is 2.22. The molecule has 0 heterocycles. The molecule has 0 aliphatic carbocycles. The number of hydrogen-bond acceptors (Lipinski definition) is 5.